The normalized spacial score (nSPS) is 37.6. The average Bonchev–Trinajstić information content (AvgIpc) is 2.77. The van der Waals surface area contributed by atoms with Crippen LogP contribution in [0.15, 0.2) is 22.8 Å². The van der Waals surface area contributed by atoms with Gasteiger partial charge >= 0.3 is 0 Å². The quantitative estimate of drug-likeness (QED) is 0.785. The minimum Gasteiger partial charge on any atom is -0.466 e. The lowest BCUT2D eigenvalue weighted by Crippen LogP contribution is -2.34. The molecule has 2 rings (SSSR count). The zero-order chi connectivity index (χ0) is 10.2. The van der Waals surface area contributed by atoms with E-state index in [4.69, 9.17) is 4.42 Å². The van der Waals surface area contributed by atoms with Gasteiger partial charge in [-0.25, -0.2) is 0 Å². The summed E-state index contributed by atoms with van der Waals surface area (Å²) >= 11 is 0. The monoisotopic (exact) mass is 194 g/mol. The fraction of sp³-hybridized carbons (Fsp3) is 0.667. The van der Waals surface area contributed by atoms with E-state index in [2.05, 4.69) is 13.8 Å². The lowest BCUT2D eigenvalue weighted by atomic mass is 9.81. The Morgan fingerprint density at radius 3 is 2.93 bits per heavy atom. The van der Waals surface area contributed by atoms with E-state index in [0.29, 0.717) is 11.8 Å². The molecule has 1 N–H and O–H groups in total. The third-order valence-corrected chi connectivity index (χ3v) is 3.73. The standard InChI is InChI=1S/C12H18O2/c1-3-10-7-6-9(2)12(10,13)11-5-4-8-14-11/h4-5,8-10,13H,3,6-7H2,1-2H3. The van der Waals surface area contributed by atoms with Gasteiger partial charge in [-0.2, -0.15) is 0 Å². The van der Waals surface area contributed by atoms with Gasteiger partial charge in [0.05, 0.1) is 6.26 Å². The molecular weight excluding hydrogens is 176 g/mol. The van der Waals surface area contributed by atoms with Crippen molar-refractivity contribution in [3.63, 3.8) is 0 Å². The first-order chi connectivity index (χ1) is 6.69. The third kappa shape index (κ3) is 1.21. The Bertz CT molecular complexity index is 291. The maximum absolute atomic E-state index is 10.7. The van der Waals surface area contributed by atoms with Gasteiger partial charge in [0, 0.05) is 0 Å². The highest BCUT2D eigenvalue weighted by Crippen LogP contribution is 2.48. The van der Waals surface area contributed by atoms with Gasteiger partial charge in [0.1, 0.15) is 11.4 Å². The van der Waals surface area contributed by atoms with E-state index in [-0.39, 0.29) is 0 Å². The number of rotatable bonds is 2. The van der Waals surface area contributed by atoms with Crippen LogP contribution in [0.25, 0.3) is 0 Å². The number of aliphatic hydroxyl groups is 1. The molecular formula is C12H18O2. The summed E-state index contributed by atoms with van der Waals surface area (Å²) < 4.78 is 5.37. The predicted molar refractivity (Wildman–Crippen MR) is 54.8 cm³/mol. The second kappa shape index (κ2) is 3.43. The first kappa shape index (κ1) is 9.78. The molecule has 0 bridgehead atoms. The van der Waals surface area contributed by atoms with Crippen LogP contribution in [-0.2, 0) is 5.60 Å². The van der Waals surface area contributed by atoms with Crippen LogP contribution in [0.3, 0.4) is 0 Å². The highest BCUT2D eigenvalue weighted by molar-refractivity contribution is 5.15. The van der Waals surface area contributed by atoms with Crippen LogP contribution in [-0.4, -0.2) is 5.11 Å². The molecule has 1 aromatic rings. The van der Waals surface area contributed by atoms with Gasteiger partial charge < -0.3 is 9.52 Å². The molecule has 1 fully saturated rings. The molecule has 0 radical (unpaired) electrons. The van der Waals surface area contributed by atoms with Gasteiger partial charge in [0.2, 0.25) is 0 Å². The van der Waals surface area contributed by atoms with Crippen molar-refractivity contribution in [2.75, 3.05) is 0 Å². The zero-order valence-electron chi connectivity index (χ0n) is 8.86. The number of furan rings is 1. The number of hydrogen-bond donors (Lipinski definition) is 1. The van der Waals surface area contributed by atoms with Gasteiger partial charge in [-0.1, -0.05) is 20.3 Å². The third-order valence-electron chi connectivity index (χ3n) is 3.73. The fourth-order valence-electron chi connectivity index (χ4n) is 2.76. The van der Waals surface area contributed by atoms with Crippen molar-refractivity contribution in [2.45, 2.75) is 38.7 Å². The first-order valence-electron chi connectivity index (χ1n) is 5.46. The van der Waals surface area contributed by atoms with Crippen LogP contribution >= 0.6 is 0 Å². The van der Waals surface area contributed by atoms with E-state index in [0.717, 1.165) is 25.0 Å². The largest absolute Gasteiger partial charge is 0.466 e. The Morgan fingerprint density at radius 1 is 1.57 bits per heavy atom. The minimum atomic E-state index is -0.724. The summed E-state index contributed by atoms with van der Waals surface area (Å²) in [5, 5.41) is 10.7. The SMILES string of the molecule is CCC1CCC(C)C1(O)c1ccco1. The number of hydrogen-bond acceptors (Lipinski definition) is 2. The first-order valence-corrected chi connectivity index (χ1v) is 5.46. The second-order valence-electron chi connectivity index (χ2n) is 4.39. The van der Waals surface area contributed by atoms with Crippen LogP contribution in [0.1, 0.15) is 38.9 Å². The van der Waals surface area contributed by atoms with E-state index < -0.39 is 5.60 Å². The summed E-state index contributed by atoms with van der Waals surface area (Å²) in [7, 11) is 0. The van der Waals surface area contributed by atoms with Crippen molar-refractivity contribution in [3.05, 3.63) is 24.2 Å². The Morgan fingerprint density at radius 2 is 2.36 bits per heavy atom. The van der Waals surface area contributed by atoms with Crippen LogP contribution in [0.5, 0.6) is 0 Å². The smallest absolute Gasteiger partial charge is 0.135 e. The van der Waals surface area contributed by atoms with E-state index in [1.165, 1.54) is 0 Å². The Balaban J connectivity index is 2.36. The highest BCUT2D eigenvalue weighted by atomic mass is 16.4. The maximum atomic E-state index is 10.7. The molecule has 1 aliphatic carbocycles. The van der Waals surface area contributed by atoms with Crippen LogP contribution in [0, 0.1) is 11.8 Å². The topological polar surface area (TPSA) is 33.4 Å². The molecule has 3 unspecified atom stereocenters. The van der Waals surface area contributed by atoms with E-state index in [9.17, 15) is 5.11 Å². The average molecular weight is 194 g/mol. The molecule has 0 spiro atoms. The minimum absolute atomic E-state index is 0.304. The molecule has 1 aliphatic rings. The molecule has 0 amide bonds. The Labute approximate surface area is 84.9 Å². The molecule has 2 nitrogen and oxygen atoms in total. The van der Waals surface area contributed by atoms with Crippen molar-refractivity contribution in [1.29, 1.82) is 0 Å². The molecule has 1 aromatic heterocycles. The van der Waals surface area contributed by atoms with Crippen LogP contribution < -0.4 is 0 Å². The molecule has 78 valence electrons. The van der Waals surface area contributed by atoms with E-state index in [1.54, 1.807) is 6.26 Å². The fourth-order valence-corrected chi connectivity index (χ4v) is 2.76. The lowest BCUT2D eigenvalue weighted by molar-refractivity contribution is -0.0560. The van der Waals surface area contributed by atoms with Crippen molar-refractivity contribution < 1.29 is 9.52 Å². The van der Waals surface area contributed by atoms with Crippen LogP contribution in [0.4, 0.5) is 0 Å². The summed E-state index contributed by atoms with van der Waals surface area (Å²) in [5.41, 5.74) is -0.724. The molecule has 2 heteroatoms. The van der Waals surface area contributed by atoms with Crippen molar-refractivity contribution >= 4 is 0 Å². The molecule has 0 aliphatic heterocycles. The van der Waals surface area contributed by atoms with Crippen LogP contribution in [0.2, 0.25) is 0 Å². The summed E-state index contributed by atoms with van der Waals surface area (Å²) in [4.78, 5) is 0. The Hall–Kier alpha value is -0.760. The Kier molecular flexibility index (Phi) is 2.40. The zero-order valence-corrected chi connectivity index (χ0v) is 8.86. The second-order valence-corrected chi connectivity index (χ2v) is 4.39. The van der Waals surface area contributed by atoms with Crippen molar-refractivity contribution in [3.8, 4) is 0 Å². The molecule has 1 heterocycles. The molecule has 1 saturated carbocycles. The van der Waals surface area contributed by atoms with E-state index in [1.807, 2.05) is 12.1 Å². The highest BCUT2D eigenvalue weighted by Gasteiger charge is 2.48. The van der Waals surface area contributed by atoms with Gasteiger partial charge in [-0.3, -0.25) is 0 Å². The summed E-state index contributed by atoms with van der Waals surface area (Å²) in [6.45, 7) is 4.24. The lowest BCUT2D eigenvalue weighted by Gasteiger charge is -2.31. The molecule has 3 atom stereocenters. The molecule has 14 heavy (non-hydrogen) atoms. The summed E-state index contributed by atoms with van der Waals surface area (Å²) in [6, 6.07) is 3.75. The molecule has 0 aromatic carbocycles. The van der Waals surface area contributed by atoms with Crippen molar-refractivity contribution in [1.82, 2.24) is 0 Å². The van der Waals surface area contributed by atoms with Gasteiger partial charge in [-0.05, 0) is 36.8 Å². The van der Waals surface area contributed by atoms with Gasteiger partial charge in [-0.15, -0.1) is 0 Å². The van der Waals surface area contributed by atoms with E-state index >= 15 is 0 Å². The summed E-state index contributed by atoms with van der Waals surface area (Å²) in [6.07, 6.45) is 4.86. The molecule has 0 saturated heterocycles. The van der Waals surface area contributed by atoms with Gasteiger partial charge in [0.25, 0.3) is 0 Å². The predicted octanol–water partition coefficient (Wildman–Crippen LogP) is 2.92. The van der Waals surface area contributed by atoms with Gasteiger partial charge in [0.15, 0.2) is 0 Å². The summed E-state index contributed by atoms with van der Waals surface area (Å²) in [5.74, 6) is 1.40. The maximum Gasteiger partial charge on any atom is 0.135 e. The van der Waals surface area contributed by atoms with Crippen molar-refractivity contribution in [2.24, 2.45) is 11.8 Å².